The van der Waals surface area contributed by atoms with Gasteiger partial charge in [-0.15, -0.1) is 0 Å². The molecule has 6 nitrogen and oxygen atoms in total. The molecule has 0 fully saturated rings. The first-order valence-electron chi connectivity index (χ1n) is 8.31. The minimum Gasteiger partial charge on any atom is -0.280 e. The summed E-state index contributed by atoms with van der Waals surface area (Å²) in [5, 5.41) is 4.41. The molecule has 0 saturated heterocycles. The summed E-state index contributed by atoms with van der Waals surface area (Å²) in [6.07, 6.45) is 1.49. The van der Waals surface area contributed by atoms with E-state index in [0.29, 0.717) is 10.7 Å². The van der Waals surface area contributed by atoms with E-state index < -0.39 is 15.9 Å². The highest BCUT2D eigenvalue weighted by Crippen LogP contribution is 2.19. The van der Waals surface area contributed by atoms with E-state index in [0.717, 1.165) is 10.0 Å². The van der Waals surface area contributed by atoms with Crippen molar-refractivity contribution in [2.45, 2.75) is 4.90 Å². The zero-order chi connectivity index (χ0) is 20.9. The minimum absolute atomic E-state index is 0.0464. The van der Waals surface area contributed by atoms with Gasteiger partial charge in [0.15, 0.2) is 0 Å². The summed E-state index contributed by atoms with van der Waals surface area (Å²) in [6, 6.07) is 19.3. The van der Waals surface area contributed by atoms with Gasteiger partial charge >= 0.3 is 0 Å². The molecule has 0 radical (unpaired) electrons. The van der Waals surface area contributed by atoms with Crippen molar-refractivity contribution < 1.29 is 13.2 Å². The summed E-state index contributed by atoms with van der Waals surface area (Å²) in [4.78, 5) is 12.3. The summed E-state index contributed by atoms with van der Waals surface area (Å²) in [6.45, 7) is 0. The molecular weight excluding hydrogens is 478 g/mol. The standard InChI is InChI=1S/C20H15BrClN3O3S/c21-19-7-2-1-4-15(19)13-23-24-20(26)14-5-3-6-18(12-14)29(27,28)25-17-10-8-16(22)9-11-17/h1-13,25H,(H,24,26). The lowest BCUT2D eigenvalue weighted by Crippen LogP contribution is -2.19. The second-order valence-electron chi connectivity index (χ2n) is 5.86. The average molecular weight is 493 g/mol. The van der Waals surface area contributed by atoms with Crippen molar-refractivity contribution in [2.75, 3.05) is 4.72 Å². The van der Waals surface area contributed by atoms with E-state index in [1.807, 2.05) is 24.3 Å². The second kappa shape index (κ2) is 9.21. The summed E-state index contributed by atoms with van der Waals surface area (Å²) in [7, 11) is -3.87. The number of carbonyl (C=O) groups excluding carboxylic acids is 1. The zero-order valence-corrected chi connectivity index (χ0v) is 18.0. The number of hydrogen-bond acceptors (Lipinski definition) is 4. The predicted octanol–water partition coefficient (Wildman–Crippen LogP) is 4.67. The summed E-state index contributed by atoms with van der Waals surface area (Å²) < 4.78 is 28.5. The van der Waals surface area contributed by atoms with Gasteiger partial charge in [-0.05, 0) is 48.5 Å². The number of hydrogen-bond donors (Lipinski definition) is 2. The first kappa shape index (κ1) is 21.0. The van der Waals surface area contributed by atoms with Crippen LogP contribution in [0.3, 0.4) is 0 Å². The van der Waals surface area contributed by atoms with Crippen LogP contribution in [0.1, 0.15) is 15.9 Å². The molecule has 0 spiro atoms. The van der Waals surface area contributed by atoms with Crippen molar-refractivity contribution in [3.63, 3.8) is 0 Å². The molecule has 29 heavy (non-hydrogen) atoms. The SMILES string of the molecule is O=C(NN=Cc1ccccc1Br)c1cccc(S(=O)(=O)Nc2ccc(Cl)cc2)c1. The first-order chi connectivity index (χ1) is 13.8. The molecule has 148 valence electrons. The first-order valence-corrected chi connectivity index (χ1v) is 11.0. The van der Waals surface area contributed by atoms with Crippen molar-refractivity contribution in [3.05, 3.63) is 93.4 Å². The number of hydrazone groups is 1. The Morgan fingerprint density at radius 2 is 1.72 bits per heavy atom. The van der Waals surface area contributed by atoms with Gasteiger partial charge in [0.05, 0.1) is 11.1 Å². The number of sulfonamides is 1. The molecule has 0 atom stereocenters. The molecular formula is C20H15BrClN3O3S. The van der Waals surface area contributed by atoms with E-state index in [1.54, 1.807) is 24.3 Å². The Hall–Kier alpha value is -2.68. The Balaban J connectivity index is 1.73. The number of halogens is 2. The van der Waals surface area contributed by atoms with Gasteiger partial charge in [0.1, 0.15) is 0 Å². The second-order valence-corrected chi connectivity index (χ2v) is 8.83. The van der Waals surface area contributed by atoms with Gasteiger partial charge in [-0.25, -0.2) is 13.8 Å². The average Bonchev–Trinajstić information content (AvgIpc) is 2.71. The van der Waals surface area contributed by atoms with E-state index >= 15 is 0 Å². The van der Waals surface area contributed by atoms with Gasteiger partial charge in [-0.1, -0.05) is 51.8 Å². The predicted molar refractivity (Wildman–Crippen MR) is 118 cm³/mol. The fourth-order valence-corrected chi connectivity index (χ4v) is 3.96. The van der Waals surface area contributed by atoms with Crippen molar-refractivity contribution in [2.24, 2.45) is 5.10 Å². The Morgan fingerprint density at radius 3 is 2.45 bits per heavy atom. The van der Waals surface area contributed by atoms with Crippen LogP contribution in [-0.4, -0.2) is 20.5 Å². The molecule has 0 unspecified atom stereocenters. The number of anilines is 1. The smallest absolute Gasteiger partial charge is 0.271 e. The van der Waals surface area contributed by atoms with E-state index in [1.165, 1.54) is 30.5 Å². The molecule has 0 heterocycles. The van der Waals surface area contributed by atoms with Crippen LogP contribution < -0.4 is 10.1 Å². The van der Waals surface area contributed by atoms with E-state index in [-0.39, 0.29) is 10.5 Å². The maximum absolute atomic E-state index is 12.6. The van der Waals surface area contributed by atoms with E-state index in [2.05, 4.69) is 31.2 Å². The molecule has 2 N–H and O–H groups in total. The van der Waals surface area contributed by atoms with Crippen molar-refractivity contribution in [1.82, 2.24) is 5.43 Å². The lowest BCUT2D eigenvalue weighted by molar-refractivity contribution is 0.0955. The number of carbonyl (C=O) groups is 1. The van der Waals surface area contributed by atoms with Crippen LogP contribution in [0.4, 0.5) is 5.69 Å². The third-order valence-corrected chi connectivity index (χ3v) is 6.13. The van der Waals surface area contributed by atoms with Gasteiger partial charge in [0.25, 0.3) is 15.9 Å². The highest BCUT2D eigenvalue weighted by Gasteiger charge is 2.16. The fourth-order valence-electron chi connectivity index (χ4n) is 2.34. The van der Waals surface area contributed by atoms with Gasteiger partial charge < -0.3 is 0 Å². The molecule has 0 saturated carbocycles. The third kappa shape index (κ3) is 5.66. The van der Waals surface area contributed by atoms with Crippen LogP contribution in [0.15, 0.2) is 87.3 Å². The monoisotopic (exact) mass is 491 g/mol. The van der Waals surface area contributed by atoms with Crippen LogP contribution in [0.5, 0.6) is 0 Å². The Kier molecular flexibility index (Phi) is 6.68. The Labute approximate surface area is 181 Å². The number of rotatable bonds is 6. The van der Waals surface area contributed by atoms with Crippen molar-refractivity contribution in [1.29, 1.82) is 0 Å². The number of nitrogens with one attached hydrogen (secondary N) is 2. The van der Waals surface area contributed by atoms with Crippen molar-refractivity contribution in [3.8, 4) is 0 Å². The highest BCUT2D eigenvalue weighted by molar-refractivity contribution is 9.10. The molecule has 0 aromatic heterocycles. The van der Waals surface area contributed by atoms with Crippen LogP contribution >= 0.6 is 27.5 Å². The number of benzene rings is 3. The summed E-state index contributed by atoms with van der Waals surface area (Å²) >= 11 is 9.20. The minimum atomic E-state index is -3.87. The van der Waals surface area contributed by atoms with Crippen LogP contribution in [0.25, 0.3) is 0 Å². The maximum atomic E-state index is 12.6. The number of amides is 1. The normalized spacial score (nSPS) is 11.4. The van der Waals surface area contributed by atoms with Crippen LogP contribution in [-0.2, 0) is 10.0 Å². The largest absolute Gasteiger partial charge is 0.280 e. The molecule has 1 amide bonds. The molecule has 0 aliphatic carbocycles. The topological polar surface area (TPSA) is 87.6 Å². The molecule has 9 heteroatoms. The molecule has 0 aliphatic rings. The lowest BCUT2D eigenvalue weighted by Gasteiger charge is -2.09. The molecule has 0 bridgehead atoms. The van der Waals surface area contributed by atoms with E-state index in [9.17, 15) is 13.2 Å². The third-order valence-electron chi connectivity index (χ3n) is 3.78. The fraction of sp³-hybridized carbons (Fsp3) is 0. The van der Waals surface area contributed by atoms with Gasteiger partial charge in [-0.2, -0.15) is 5.10 Å². The summed E-state index contributed by atoms with van der Waals surface area (Å²) in [5.74, 6) is -0.531. The number of nitrogens with zero attached hydrogens (tertiary/aromatic N) is 1. The molecule has 3 aromatic rings. The quantitative estimate of drug-likeness (QED) is 0.387. The van der Waals surface area contributed by atoms with Gasteiger partial charge in [0, 0.05) is 26.3 Å². The zero-order valence-electron chi connectivity index (χ0n) is 14.8. The van der Waals surface area contributed by atoms with Crippen LogP contribution in [0, 0.1) is 0 Å². The Bertz CT molecular complexity index is 1170. The Morgan fingerprint density at radius 1 is 1.00 bits per heavy atom. The van der Waals surface area contributed by atoms with E-state index in [4.69, 9.17) is 11.6 Å². The van der Waals surface area contributed by atoms with Gasteiger partial charge in [-0.3, -0.25) is 9.52 Å². The van der Waals surface area contributed by atoms with Gasteiger partial charge in [0.2, 0.25) is 0 Å². The molecule has 0 aliphatic heterocycles. The lowest BCUT2D eigenvalue weighted by atomic mass is 10.2. The highest BCUT2D eigenvalue weighted by atomic mass is 79.9. The summed E-state index contributed by atoms with van der Waals surface area (Å²) in [5.41, 5.74) is 3.70. The molecule has 3 aromatic carbocycles. The molecule has 3 rings (SSSR count). The maximum Gasteiger partial charge on any atom is 0.271 e. The van der Waals surface area contributed by atoms with Crippen LogP contribution in [0.2, 0.25) is 5.02 Å². The van der Waals surface area contributed by atoms with Crippen molar-refractivity contribution >= 4 is 55.4 Å².